The summed E-state index contributed by atoms with van der Waals surface area (Å²) in [7, 11) is -0.233. The third-order valence-electron chi connectivity index (χ3n) is 6.94. The molecule has 0 N–H and O–H groups in total. The van der Waals surface area contributed by atoms with Gasteiger partial charge in [0.1, 0.15) is 6.61 Å². The number of amides is 1. The molecule has 2 atom stereocenters. The Bertz CT molecular complexity index is 750. The second kappa shape index (κ2) is 9.74. The Hall–Kier alpha value is -1.86. The van der Waals surface area contributed by atoms with Gasteiger partial charge in [-0.1, -0.05) is 43.7 Å². The van der Waals surface area contributed by atoms with E-state index in [9.17, 15) is 9.59 Å². The Morgan fingerprint density at radius 1 is 1.10 bits per heavy atom. The van der Waals surface area contributed by atoms with Crippen LogP contribution in [-0.4, -0.2) is 48.2 Å². The van der Waals surface area contributed by atoms with E-state index in [0.29, 0.717) is 19.5 Å². The minimum absolute atomic E-state index is 0.0920. The number of rotatable bonds is 8. The van der Waals surface area contributed by atoms with Crippen molar-refractivity contribution in [3.8, 4) is 0 Å². The van der Waals surface area contributed by atoms with Gasteiger partial charge in [-0.25, -0.2) is 0 Å². The van der Waals surface area contributed by atoms with Gasteiger partial charge in [0.2, 0.25) is 5.91 Å². The summed E-state index contributed by atoms with van der Waals surface area (Å²) in [5, 5.41) is 0. The number of hydrogen-bond acceptors (Lipinski definition) is 5. The molecule has 1 aromatic carbocycles. The zero-order chi connectivity index (χ0) is 22.6. The molecule has 6 nitrogen and oxygen atoms in total. The van der Waals surface area contributed by atoms with E-state index in [1.54, 1.807) is 0 Å². The van der Waals surface area contributed by atoms with E-state index < -0.39 is 0 Å². The highest BCUT2D eigenvalue weighted by atomic mass is 16.7. The molecule has 0 saturated carbocycles. The maximum Gasteiger partial charge on any atom is 0.457 e. The number of hydrogen-bond donors (Lipinski definition) is 0. The standard InChI is InChI=1S/C24H36BNO5/c1-6-21(27)26-15-19(13-10-14-25-30-23(2,3)24(4,5)31-25)20(16-26)22(28)29-17-18-11-8-7-9-12-18/h7-9,11-12,19-20H,6,10,13-17H2,1-5H3. The average Bonchev–Trinajstić information content (AvgIpc) is 3.24. The number of esters is 1. The van der Waals surface area contributed by atoms with Crippen molar-refractivity contribution >= 4 is 19.0 Å². The first-order valence-corrected chi connectivity index (χ1v) is 11.5. The molecule has 0 bridgehead atoms. The van der Waals surface area contributed by atoms with Gasteiger partial charge in [0.25, 0.3) is 0 Å². The largest absolute Gasteiger partial charge is 0.461 e. The molecule has 0 radical (unpaired) electrons. The third-order valence-corrected chi connectivity index (χ3v) is 6.94. The molecular weight excluding hydrogens is 393 g/mol. The second-order valence-corrected chi connectivity index (χ2v) is 9.73. The second-order valence-electron chi connectivity index (χ2n) is 9.73. The van der Waals surface area contributed by atoms with Crippen LogP contribution >= 0.6 is 0 Å². The summed E-state index contributed by atoms with van der Waals surface area (Å²) in [6, 6.07) is 9.68. The quantitative estimate of drug-likeness (QED) is 0.460. The summed E-state index contributed by atoms with van der Waals surface area (Å²) < 4.78 is 17.8. The fourth-order valence-electron chi connectivity index (χ4n) is 4.32. The number of likely N-dealkylation sites (tertiary alicyclic amines) is 1. The van der Waals surface area contributed by atoms with Crippen molar-refractivity contribution in [2.75, 3.05) is 13.1 Å². The molecule has 2 unspecified atom stereocenters. The monoisotopic (exact) mass is 429 g/mol. The fourth-order valence-corrected chi connectivity index (χ4v) is 4.32. The van der Waals surface area contributed by atoms with Gasteiger partial charge in [0.05, 0.1) is 17.1 Å². The summed E-state index contributed by atoms with van der Waals surface area (Å²) in [5.74, 6) is -0.302. The molecule has 2 aliphatic heterocycles. The Morgan fingerprint density at radius 2 is 1.74 bits per heavy atom. The van der Waals surface area contributed by atoms with E-state index in [4.69, 9.17) is 14.0 Å². The zero-order valence-corrected chi connectivity index (χ0v) is 19.6. The van der Waals surface area contributed by atoms with Crippen LogP contribution in [-0.2, 0) is 30.2 Å². The predicted octanol–water partition coefficient (Wildman–Crippen LogP) is 4.09. The van der Waals surface area contributed by atoms with Crippen LogP contribution in [0.1, 0.15) is 59.4 Å². The lowest BCUT2D eigenvalue weighted by Crippen LogP contribution is -2.41. The Morgan fingerprint density at radius 3 is 2.35 bits per heavy atom. The van der Waals surface area contributed by atoms with E-state index in [0.717, 1.165) is 24.7 Å². The molecule has 0 aromatic heterocycles. The lowest BCUT2D eigenvalue weighted by atomic mass is 9.79. The first-order chi connectivity index (χ1) is 14.6. The Labute approximate surface area is 186 Å². The van der Waals surface area contributed by atoms with E-state index in [1.807, 2.05) is 42.2 Å². The molecule has 7 heteroatoms. The molecule has 2 fully saturated rings. The van der Waals surface area contributed by atoms with Crippen molar-refractivity contribution in [1.29, 1.82) is 0 Å². The summed E-state index contributed by atoms with van der Waals surface area (Å²) in [5.41, 5.74) is 0.297. The molecule has 3 rings (SSSR count). The maximum atomic E-state index is 12.9. The van der Waals surface area contributed by atoms with Gasteiger partial charge in [-0.2, -0.15) is 0 Å². The van der Waals surface area contributed by atoms with Gasteiger partial charge in [-0.15, -0.1) is 0 Å². The highest BCUT2D eigenvalue weighted by Crippen LogP contribution is 2.38. The fraction of sp³-hybridized carbons (Fsp3) is 0.667. The lowest BCUT2D eigenvalue weighted by molar-refractivity contribution is -0.150. The number of benzene rings is 1. The van der Waals surface area contributed by atoms with Crippen LogP contribution in [0.5, 0.6) is 0 Å². The van der Waals surface area contributed by atoms with Gasteiger partial charge in [0.15, 0.2) is 0 Å². The van der Waals surface area contributed by atoms with Crippen molar-refractivity contribution in [2.24, 2.45) is 11.8 Å². The minimum Gasteiger partial charge on any atom is -0.461 e. The van der Waals surface area contributed by atoms with E-state index >= 15 is 0 Å². The molecule has 170 valence electrons. The molecule has 2 heterocycles. The molecule has 0 aliphatic carbocycles. The van der Waals surface area contributed by atoms with E-state index in [1.165, 1.54) is 0 Å². The smallest absolute Gasteiger partial charge is 0.457 e. The van der Waals surface area contributed by atoms with Crippen LogP contribution in [0.15, 0.2) is 30.3 Å². The first-order valence-electron chi connectivity index (χ1n) is 11.5. The maximum absolute atomic E-state index is 12.9. The highest BCUT2D eigenvalue weighted by Gasteiger charge is 2.50. The summed E-state index contributed by atoms with van der Waals surface area (Å²) in [6.45, 7) is 11.4. The Kier molecular flexibility index (Phi) is 7.48. The van der Waals surface area contributed by atoms with Crippen LogP contribution in [0.2, 0.25) is 6.32 Å². The zero-order valence-electron chi connectivity index (χ0n) is 19.6. The number of nitrogens with zero attached hydrogens (tertiary/aromatic N) is 1. The van der Waals surface area contributed by atoms with Crippen LogP contribution in [0.4, 0.5) is 0 Å². The molecule has 2 aliphatic rings. The summed E-state index contributed by atoms with van der Waals surface area (Å²) in [6.07, 6.45) is 2.93. The van der Waals surface area contributed by atoms with Crippen molar-refractivity contribution in [2.45, 2.75) is 78.0 Å². The van der Waals surface area contributed by atoms with E-state index in [2.05, 4.69) is 27.7 Å². The van der Waals surface area contributed by atoms with Crippen LogP contribution in [0.25, 0.3) is 0 Å². The van der Waals surface area contributed by atoms with Crippen LogP contribution < -0.4 is 0 Å². The van der Waals surface area contributed by atoms with Crippen LogP contribution in [0.3, 0.4) is 0 Å². The predicted molar refractivity (Wildman–Crippen MR) is 120 cm³/mol. The first kappa shape index (κ1) is 23.8. The number of ether oxygens (including phenoxy) is 1. The van der Waals surface area contributed by atoms with Gasteiger partial charge in [0, 0.05) is 19.5 Å². The molecular formula is C24H36BNO5. The lowest BCUT2D eigenvalue weighted by Gasteiger charge is -2.32. The van der Waals surface area contributed by atoms with Gasteiger partial charge in [-0.05, 0) is 51.9 Å². The van der Waals surface area contributed by atoms with Crippen molar-refractivity contribution in [1.82, 2.24) is 4.90 Å². The highest BCUT2D eigenvalue weighted by molar-refractivity contribution is 6.45. The van der Waals surface area contributed by atoms with Crippen molar-refractivity contribution in [3.63, 3.8) is 0 Å². The third kappa shape index (κ3) is 5.69. The minimum atomic E-state index is -0.334. The SMILES string of the molecule is CCC(=O)N1CC(CCCB2OC(C)(C)C(C)(C)O2)C(C(=O)OCc2ccccc2)C1. The molecule has 31 heavy (non-hydrogen) atoms. The molecule has 2 saturated heterocycles. The average molecular weight is 429 g/mol. The van der Waals surface area contributed by atoms with Gasteiger partial charge < -0.3 is 18.9 Å². The van der Waals surface area contributed by atoms with Crippen molar-refractivity contribution < 1.29 is 23.6 Å². The Balaban J connectivity index is 1.55. The summed E-state index contributed by atoms with van der Waals surface area (Å²) >= 11 is 0. The topological polar surface area (TPSA) is 65.1 Å². The van der Waals surface area contributed by atoms with Gasteiger partial charge in [-0.3, -0.25) is 9.59 Å². The van der Waals surface area contributed by atoms with Gasteiger partial charge >= 0.3 is 13.1 Å². The number of carbonyl (C=O) groups is 2. The number of carbonyl (C=O) groups excluding carboxylic acids is 2. The van der Waals surface area contributed by atoms with Crippen LogP contribution in [0, 0.1) is 11.8 Å². The van der Waals surface area contributed by atoms with E-state index in [-0.39, 0.29) is 48.6 Å². The molecule has 0 spiro atoms. The normalized spacial score (nSPS) is 24.4. The molecule has 1 amide bonds. The van der Waals surface area contributed by atoms with Crippen molar-refractivity contribution in [3.05, 3.63) is 35.9 Å². The molecule has 1 aromatic rings. The summed E-state index contributed by atoms with van der Waals surface area (Å²) in [4.78, 5) is 26.9.